The average Bonchev–Trinajstić information content (AvgIpc) is 2.95. The molecule has 18 nitrogen and oxygen atoms in total. The van der Waals surface area contributed by atoms with E-state index in [0.29, 0.717) is 0 Å². The number of hydrogen-bond donors (Lipinski definition) is 6. The number of hydrogen-bond acceptors (Lipinski definition) is 12. The van der Waals surface area contributed by atoms with Gasteiger partial charge in [-0.15, -0.1) is 0 Å². The standard InChI is InChI=1S/C29H39N7O11S/c1-28(2,3)46-26(40)33-25(34-27(41)47-29(4,5)6)31-15-14-30-20-13-12-18(16-22(20)36(42)43)23(37)32-17-21(24(38)39)35-48(44,45)19-10-8-7-9-11-19/h7-13,16,21,30,35H,14-15,17H2,1-6H3,(H,32,37)(H,38,39)(H2,31,33,34,40,41)/t21-/m1/s1. The molecule has 0 spiro atoms. The number of sulfonamides is 1. The van der Waals surface area contributed by atoms with Crippen LogP contribution in [0.5, 0.6) is 0 Å². The summed E-state index contributed by atoms with van der Waals surface area (Å²) < 4.78 is 37.4. The van der Waals surface area contributed by atoms with Crippen LogP contribution in [-0.2, 0) is 24.3 Å². The number of carbonyl (C=O) groups is 4. The second-order valence-electron chi connectivity index (χ2n) is 11.9. The minimum Gasteiger partial charge on any atom is -0.480 e. The van der Waals surface area contributed by atoms with Crippen LogP contribution in [0.2, 0.25) is 0 Å². The number of nitrogens with one attached hydrogen (secondary N) is 5. The van der Waals surface area contributed by atoms with Gasteiger partial charge in [0.1, 0.15) is 22.9 Å². The number of aliphatic carboxylic acids is 1. The van der Waals surface area contributed by atoms with Crippen molar-refractivity contribution in [3.63, 3.8) is 0 Å². The summed E-state index contributed by atoms with van der Waals surface area (Å²) in [6.07, 6.45) is -1.81. The zero-order chi connectivity index (χ0) is 36.3. The van der Waals surface area contributed by atoms with E-state index >= 15 is 0 Å². The van der Waals surface area contributed by atoms with E-state index in [1.54, 1.807) is 47.6 Å². The van der Waals surface area contributed by atoms with E-state index in [1.807, 2.05) is 4.72 Å². The molecule has 0 unspecified atom stereocenters. The van der Waals surface area contributed by atoms with Crippen LogP contribution >= 0.6 is 0 Å². The van der Waals surface area contributed by atoms with Crippen molar-refractivity contribution in [2.75, 3.05) is 25.0 Å². The van der Waals surface area contributed by atoms with E-state index in [2.05, 4.69) is 26.3 Å². The van der Waals surface area contributed by atoms with Crippen LogP contribution in [0.25, 0.3) is 0 Å². The second kappa shape index (κ2) is 16.5. The van der Waals surface area contributed by atoms with E-state index in [4.69, 9.17) is 9.47 Å². The maximum absolute atomic E-state index is 12.7. The molecular weight excluding hydrogens is 654 g/mol. The quantitative estimate of drug-likeness (QED) is 0.0616. The third-order valence-corrected chi connectivity index (χ3v) is 7.00. The number of aliphatic imine (C=N–C) groups is 1. The summed E-state index contributed by atoms with van der Waals surface area (Å²) in [6.45, 7) is 9.02. The Morgan fingerprint density at radius 3 is 2.00 bits per heavy atom. The number of carbonyl (C=O) groups excluding carboxylic acids is 3. The van der Waals surface area contributed by atoms with Gasteiger partial charge in [-0.05, 0) is 65.8 Å². The normalized spacial score (nSPS) is 12.1. The lowest BCUT2D eigenvalue weighted by Gasteiger charge is -2.22. The largest absolute Gasteiger partial charge is 0.480 e. The lowest BCUT2D eigenvalue weighted by molar-refractivity contribution is -0.384. The van der Waals surface area contributed by atoms with Gasteiger partial charge in [-0.3, -0.25) is 35.3 Å². The van der Waals surface area contributed by atoms with Crippen molar-refractivity contribution in [2.45, 2.75) is 63.7 Å². The smallest absolute Gasteiger partial charge is 0.414 e. The summed E-state index contributed by atoms with van der Waals surface area (Å²) in [5.41, 5.74) is -2.41. The Kier molecular flexibility index (Phi) is 13.4. The predicted octanol–water partition coefficient (Wildman–Crippen LogP) is 2.57. The van der Waals surface area contributed by atoms with Gasteiger partial charge in [-0.2, -0.15) is 4.72 Å². The average molecular weight is 694 g/mol. The summed E-state index contributed by atoms with van der Waals surface area (Å²) in [6, 6.07) is 8.70. The fourth-order valence-electron chi connectivity index (χ4n) is 3.57. The summed E-state index contributed by atoms with van der Waals surface area (Å²) >= 11 is 0. The van der Waals surface area contributed by atoms with Gasteiger partial charge in [0.25, 0.3) is 11.6 Å². The molecule has 2 aromatic carbocycles. The molecule has 48 heavy (non-hydrogen) atoms. The Bertz CT molecular complexity index is 1600. The van der Waals surface area contributed by atoms with Crippen LogP contribution in [0.1, 0.15) is 51.9 Å². The Morgan fingerprint density at radius 2 is 1.50 bits per heavy atom. The predicted molar refractivity (Wildman–Crippen MR) is 173 cm³/mol. The molecule has 0 aliphatic rings. The van der Waals surface area contributed by atoms with Gasteiger partial charge in [0, 0.05) is 24.7 Å². The monoisotopic (exact) mass is 693 g/mol. The Hall–Kier alpha value is -5.30. The number of nitrogens with zero attached hydrogens (tertiary/aromatic N) is 2. The highest BCUT2D eigenvalue weighted by molar-refractivity contribution is 7.89. The van der Waals surface area contributed by atoms with Gasteiger partial charge in [0.15, 0.2) is 0 Å². The van der Waals surface area contributed by atoms with Crippen LogP contribution in [0, 0.1) is 10.1 Å². The molecule has 0 radical (unpaired) electrons. The van der Waals surface area contributed by atoms with E-state index in [1.165, 1.54) is 36.4 Å². The second-order valence-corrected chi connectivity index (χ2v) is 13.6. The topological polar surface area (TPSA) is 257 Å². The van der Waals surface area contributed by atoms with Gasteiger partial charge >= 0.3 is 18.2 Å². The molecule has 2 rings (SSSR count). The first kappa shape index (κ1) is 38.9. The first-order valence-electron chi connectivity index (χ1n) is 14.3. The highest BCUT2D eigenvalue weighted by Crippen LogP contribution is 2.25. The van der Waals surface area contributed by atoms with Crippen molar-refractivity contribution >= 4 is 51.4 Å². The van der Waals surface area contributed by atoms with Crippen molar-refractivity contribution in [3.8, 4) is 0 Å². The molecule has 19 heteroatoms. The van der Waals surface area contributed by atoms with Crippen LogP contribution in [-0.4, -0.2) is 85.3 Å². The van der Waals surface area contributed by atoms with Gasteiger partial charge in [0.05, 0.1) is 16.4 Å². The highest BCUT2D eigenvalue weighted by atomic mass is 32.2. The van der Waals surface area contributed by atoms with Crippen molar-refractivity contribution in [3.05, 3.63) is 64.2 Å². The van der Waals surface area contributed by atoms with E-state index in [-0.39, 0.29) is 35.2 Å². The molecule has 0 fully saturated rings. The molecule has 0 saturated carbocycles. The van der Waals surface area contributed by atoms with Crippen LogP contribution in [0.15, 0.2) is 58.4 Å². The molecule has 1 atom stereocenters. The number of ether oxygens (including phenoxy) is 2. The van der Waals surface area contributed by atoms with Crippen molar-refractivity contribution in [1.82, 2.24) is 20.7 Å². The summed E-state index contributed by atoms with van der Waals surface area (Å²) in [4.78, 5) is 63.9. The molecular formula is C29H39N7O11S. The first-order valence-corrected chi connectivity index (χ1v) is 15.8. The van der Waals surface area contributed by atoms with Crippen LogP contribution in [0.4, 0.5) is 21.0 Å². The number of carboxylic acids is 1. The third kappa shape index (κ3) is 13.6. The minimum absolute atomic E-state index is 0.00691. The maximum Gasteiger partial charge on any atom is 0.414 e. The zero-order valence-electron chi connectivity index (χ0n) is 27.1. The van der Waals surface area contributed by atoms with E-state index < -0.39 is 68.5 Å². The summed E-state index contributed by atoms with van der Waals surface area (Å²) in [7, 11) is -4.23. The molecule has 0 saturated heterocycles. The van der Waals surface area contributed by atoms with Crippen molar-refractivity contribution < 1.29 is 47.1 Å². The number of benzene rings is 2. The molecule has 0 aromatic heterocycles. The number of anilines is 1. The Morgan fingerprint density at radius 1 is 0.938 bits per heavy atom. The lowest BCUT2D eigenvalue weighted by atomic mass is 10.1. The Labute approximate surface area is 276 Å². The fraction of sp³-hybridized carbons (Fsp3) is 0.414. The number of nitro groups is 1. The fourth-order valence-corrected chi connectivity index (χ4v) is 4.78. The molecule has 6 N–H and O–H groups in total. The van der Waals surface area contributed by atoms with E-state index in [9.17, 15) is 42.8 Å². The first-order chi connectivity index (χ1) is 22.2. The van der Waals surface area contributed by atoms with Crippen molar-refractivity contribution in [2.24, 2.45) is 4.99 Å². The maximum atomic E-state index is 12.7. The van der Waals surface area contributed by atoms with Crippen LogP contribution < -0.4 is 26.0 Å². The van der Waals surface area contributed by atoms with Crippen molar-refractivity contribution in [1.29, 1.82) is 0 Å². The molecule has 0 bridgehead atoms. The number of amides is 3. The number of nitro benzene ring substituents is 1. The van der Waals surface area contributed by atoms with E-state index in [0.717, 1.165) is 6.07 Å². The van der Waals surface area contributed by atoms with Gasteiger partial charge in [0.2, 0.25) is 16.0 Å². The molecule has 2 aromatic rings. The number of rotatable bonds is 12. The number of carboxylic acid groups (broad SMARTS) is 1. The highest BCUT2D eigenvalue weighted by Gasteiger charge is 2.27. The van der Waals surface area contributed by atoms with Gasteiger partial charge in [-0.25, -0.2) is 18.0 Å². The zero-order valence-corrected chi connectivity index (χ0v) is 28.0. The Balaban J connectivity index is 2.11. The molecule has 3 amide bonds. The molecule has 262 valence electrons. The van der Waals surface area contributed by atoms with Gasteiger partial charge < -0.3 is 25.2 Å². The number of alkyl carbamates (subject to hydrolysis) is 2. The summed E-state index contributed by atoms with van der Waals surface area (Å²) in [5.74, 6) is -2.76. The minimum atomic E-state index is -4.23. The molecule has 0 heterocycles. The molecule has 0 aliphatic heterocycles. The number of guanidine groups is 1. The third-order valence-electron chi connectivity index (χ3n) is 5.51. The van der Waals surface area contributed by atoms with Gasteiger partial charge in [-0.1, -0.05) is 18.2 Å². The van der Waals surface area contributed by atoms with Crippen LogP contribution in [0.3, 0.4) is 0 Å². The lowest BCUT2D eigenvalue weighted by Crippen LogP contribution is -2.48. The molecule has 0 aliphatic carbocycles. The summed E-state index contributed by atoms with van der Waals surface area (Å²) in [5, 5.41) is 30.9. The SMILES string of the molecule is CC(C)(C)OC(=O)NC(=NCCNc1ccc(C(=O)NC[C@@H](NS(=O)(=O)c2ccccc2)C(=O)O)cc1[N+](=O)[O-])NC(=O)OC(C)(C)C.